The van der Waals surface area contributed by atoms with E-state index in [0.29, 0.717) is 17.3 Å². The van der Waals surface area contributed by atoms with Gasteiger partial charge in [0.25, 0.3) is 5.91 Å². The molecule has 1 amide bonds. The first-order chi connectivity index (χ1) is 12.7. The predicted octanol–water partition coefficient (Wildman–Crippen LogP) is 3.30. The first-order valence-electron chi connectivity index (χ1n) is 7.90. The molecule has 0 aliphatic heterocycles. The molecule has 0 saturated heterocycles. The second kappa shape index (κ2) is 8.06. The number of hydrogen-bond donors (Lipinski definition) is 2. The van der Waals surface area contributed by atoms with Crippen molar-refractivity contribution in [1.82, 2.24) is 15.3 Å². The highest BCUT2D eigenvalue weighted by atomic mass is 19.1. The van der Waals surface area contributed by atoms with Crippen LogP contribution in [0.4, 0.5) is 16.0 Å². The molecule has 0 atom stereocenters. The molecule has 6 nitrogen and oxygen atoms in total. The second-order valence-corrected chi connectivity index (χ2v) is 5.43. The zero-order valence-corrected chi connectivity index (χ0v) is 14.1. The third-order valence-corrected chi connectivity index (χ3v) is 3.64. The summed E-state index contributed by atoms with van der Waals surface area (Å²) in [5.74, 6) is 0.325. The largest absolute Gasteiger partial charge is 0.497 e. The van der Waals surface area contributed by atoms with Crippen LogP contribution in [-0.4, -0.2) is 23.0 Å². The lowest BCUT2D eigenvalue weighted by Gasteiger charge is -2.08. The molecule has 1 heterocycles. The Kier molecular flexibility index (Phi) is 5.38. The van der Waals surface area contributed by atoms with Crippen LogP contribution < -0.4 is 15.4 Å². The van der Waals surface area contributed by atoms with Gasteiger partial charge >= 0.3 is 0 Å². The van der Waals surface area contributed by atoms with Gasteiger partial charge in [-0.2, -0.15) is 0 Å². The molecule has 0 bridgehead atoms. The van der Waals surface area contributed by atoms with Crippen molar-refractivity contribution in [2.24, 2.45) is 0 Å². The molecule has 3 rings (SSSR count). The number of nitrogens with one attached hydrogen (secondary N) is 2. The van der Waals surface area contributed by atoms with Gasteiger partial charge in [-0.25, -0.2) is 14.4 Å². The zero-order chi connectivity index (χ0) is 18.4. The molecule has 0 radical (unpaired) electrons. The summed E-state index contributed by atoms with van der Waals surface area (Å²) in [5.41, 5.74) is 1.47. The number of anilines is 2. The van der Waals surface area contributed by atoms with E-state index in [1.807, 2.05) is 18.2 Å². The number of nitrogens with zero attached hydrogens (tertiary/aromatic N) is 2. The summed E-state index contributed by atoms with van der Waals surface area (Å²) < 4.78 is 18.7. The van der Waals surface area contributed by atoms with Crippen LogP contribution in [0.1, 0.15) is 15.9 Å². The fourth-order valence-corrected chi connectivity index (χ4v) is 2.26. The van der Waals surface area contributed by atoms with Crippen molar-refractivity contribution >= 4 is 17.5 Å². The number of aromatic nitrogens is 2. The van der Waals surface area contributed by atoms with Crippen molar-refractivity contribution in [3.8, 4) is 5.75 Å². The third-order valence-electron chi connectivity index (χ3n) is 3.64. The number of carbonyl (C=O) groups excluding carboxylic acids is 1. The number of rotatable bonds is 6. The number of ether oxygens (including phenoxy) is 1. The fourth-order valence-electron chi connectivity index (χ4n) is 2.26. The molecule has 2 aromatic carbocycles. The molecule has 0 unspecified atom stereocenters. The average Bonchev–Trinajstić information content (AvgIpc) is 2.68. The van der Waals surface area contributed by atoms with Crippen LogP contribution in [0.2, 0.25) is 0 Å². The number of amides is 1. The Morgan fingerprint density at radius 1 is 1.12 bits per heavy atom. The number of carbonyl (C=O) groups is 1. The van der Waals surface area contributed by atoms with E-state index in [0.717, 1.165) is 5.69 Å². The van der Waals surface area contributed by atoms with Crippen molar-refractivity contribution in [3.05, 3.63) is 77.9 Å². The van der Waals surface area contributed by atoms with E-state index in [1.54, 1.807) is 31.4 Å². The van der Waals surface area contributed by atoms with Crippen molar-refractivity contribution < 1.29 is 13.9 Å². The SMILES string of the molecule is COc1cccc(Nc2ncc(C(=O)NCc3ccccc3F)cn2)c1. The molecule has 0 aliphatic carbocycles. The Labute approximate surface area is 150 Å². The maximum absolute atomic E-state index is 13.6. The number of hydrogen-bond acceptors (Lipinski definition) is 5. The van der Waals surface area contributed by atoms with Gasteiger partial charge in [0.1, 0.15) is 11.6 Å². The zero-order valence-electron chi connectivity index (χ0n) is 14.1. The number of methoxy groups -OCH3 is 1. The quantitative estimate of drug-likeness (QED) is 0.712. The van der Waals surface area contributed by atoms with Gasteiger partial charge in [0.2, 0.25) is 5.95 Å². The maximum atomic E-state index is 13.6. The fraction of sp³-hybridized carbons (Fsp3) is 0.105. The topological polar surface area (TPSA) is 76.1 Å². The van der Waals surface area contributed by atoms with Crippen molar-refractivity contribution in [2.45, 2.75) is 6.54 Å². The van der Waals surface area contributed by atoms with Gasteiger partial charge < -0.3 is 15.4 Å². The Bertz CT molecular complexity index is 900. The van der Waals surface area contributed by atoms with Crippen LogP contribution in [0.25, 0.3) is 0 Å². The van der Waals surface area contributed by atoms with Gasteiger partial charge in [-0.1, -0.05) is 24.3 Å². The van der Waals surface area contributed by atoms with E-state index in [2.05, 4.69) is 20.6 Å². The third kappa shape index (κ3) is 4.32. The van der Waals surface area contributed by atoms with E-state index in [9.17, 15) is 9.18 Å². The minimum Gasteiger partial charge on any atom is -0.497 e. The number of halogens is 1. The Morgan fingerprint density at radius 2 is 1.88 bits per heavy atom. The summed E-state index contributed by atoms with van der Waals surface area (Å²) in [7, 11) is 1.59. The standard InChI is InChI=1S/C19H17FN4O2/c1-26-16-7-4-6-15(9-16)24-19-22-11-14(12-23-19)18(25)21-10-13-5-2-3-8-17(13)20/h2-9,11-12H,10H2,1H3,(H,21,25)(H,22,23,24). The molecule has 0 saturated carbocycles. The van der Waals surface area contributed by atoms with Crippen LogP contribution in [0.15, 0.2) is 60.9 Å². The average molecular weight is 352 g/mol. The van der Waals surface area contributed by atoms with Crippen LogP contribution in [-0.2, 0) is 6.54 Å². The highest BCUT2D eigenvalue weighted by Gasteiger charge is 2.09. The Hall–Kier alpha value is -3.48. The van der Waals surface area contributed by atoms with Gasteiger partial charge in [0.05, 0.1) is 12.7 Å². The van der Waals surface area contributed by atoms with Gasteiger partial charge in [0.15, 0.2) is 0 Å². The van der Waals surface area contributed by atoms with Crippen molar-refractivity contribution in [1.29, 1.82) is 0 Å². The smallest absolute Gasteiger partial charge is 0.254 e. The van der Waals surface area contributed by atoms with Crippen molar-refractivity contribution in [3.63, 3.8) is 0 Å². The molecule has 26 heavy (non-hydrogen) atoms. The van der Waals surface area contributed by atoms with E-state index >= 15 is 0 Å². The maximum Gasteiger partial charge on any atom is 0.254 e. The molecular formula is C19H17FN4O2. The summed E-state index contributed by atoms with van der Waals surface area (Å²) in [6.07, 6.45) is 2.82. The van der Waals surface area contributed by atoms with Gasteiger partial charge in [0, 0.05) is 36.3 Å². The van der Waals surface area contributed by atoms with Crippen LogP contribution in [0.5, 0.6) is 5.75 Å². The summed E-state index contributed by atoms with van der Waals surface area (Å²) in [4.78, 5) is 20.4. The number of benzene rings is 2. The molecule has 2 N–H and O–H groups in total. The van der Waals surface area contributed by atoms with Crippen LogP contribution in [0.3, 0.4) is 0 Å². The van der Waals surface area contributed by atoms with Gasteiger partial charge in [-0.3, -0.25) is 4.79 Å². The van der Waals surface area contributed by atoms with Gasteiger partial charge in [-0.05, 0) is 18.2 Å². The Balaban J connectivity index is 1.61. The minimum absolute atomic E-state index is 0.0926. The lowest BCUT2D eigenvalue weighted by Crippen LogP contribution is -2.23. The molecule has 0 fully saturated rings. The monoisotopic (exact) mass is 352 g/mol. The van der Waals surface area contributed by atoms with E-state index in [-0.39, 0.29) is 23.8 Å². The predicted molar refractivity (Wildman–Crippen MR) is 95.9 cm³/mol. The summed E-state index contributed by atoms with van der Waals surface area (Å²) >= 11 is 0. The minimum atomic E-state index is -0.374. The summed E-state index contributed by atoms with van der Waals surface area (Å²) in [6.45, 7) is 0.0926. The summed E-state index contributed by atoms with van der Waals surface area (Å²) in [6, 6.07) is 13.6. The molecule has 7 heteroatoms. The first-order valence-corrected chi connectivity index (χ1v) is 7.90. The molecular weight excluding hydrogens is 335 g/mol. The molecule has 0 spiro atoms. The lowest BCUT2D eigenvalue weighted by atomic mass is 10.2. The summed E-state index contributed by atoms with van der Waals surface area (Å²) in [5, 5.41) is 5.67. The highest BCUT2D eigenvalue weighted by Crippen LogP contribution is 2.19. The normalized spacial score (nSPS) is 10.2. The lowest BCUT2D eigenvalue weighted by molar-refractivity contribution is 0.0950. The Morgan fingerprint density at radius 3 is 2.62 bits per heavy atom. The van der Waals surface area contributed by atoms with E-state index < -0.39 is 0 Å². The van der Waals surface area contributed by atoms with Crippen molar-refractivity contribution in [2.75, 3.05) is 12.4 Å². The molecule has 3 aromatic rings. The van der Waals surface area contributed by atoms with Crippen LogP contribution in [0, 0.1) is 5.82 Å². The van der Waals surface area contributed by atoms with Crippen LogP contribution >= 0.6 is 0 Å². The second-order valence-electron chi connectivity index (χ2n) is 5.43. The van der Waals surface area contributed by atoms with Gasteiger partial charge in [-0.15, -0.1) is 0 Å². The van der Waals surface area contributed by atoms with E-state index in [4.69, 9.17) is 4.74 Å². The molecule has 132 valence electrons. The highest BCUT2D eigenvalue weighted by molar-refractivity contribution is 5.93. The molecule has 1 aromatic heterocycles. The first kappa shape index (κ1) is 17.3. The molecule has 0 aliphatic rings. The van der Waals surface area contributed by atoms with E-state index in [1.165, 1.54) is 18.5 Å².